The van der Waals surface area contributed by atoms with Crippen molar-refractivity contribution in [2.24, 2.45) is 0 Å². The first-order chi connectivity index (χ1) is 12.9. The lowest BCUT2D eigenvalue weighted by Gasteiger charge is -2.17. The lowest BCUT2D eigenvalue weighted by Crippen LogP contribution is -2.42. The summed E-state index contributed by atoms with van der Waals surface area (Å²) in [4.78, 5) is 37.0. The predicted molar refractivity (Wildman–Crippen MR) is 103 cm³/mol. The number of anilines is 1. The number of benzene rings is 2. The van der Waals surface area contributed by atoms with Crippen molar-refractivity contribution in [3.05, 3.63) is 59.6 Å². The van der Waals surface area contributed by atoms with Crippen molar-refractivity contribution in [1.82, 2.24) is 10.2 Å². The molecule has 0 saturated heterocycles. The molecule has 0 atom stereocenters. The van der Waals surface area contributed by atoms with Crippen LogP contribution in [-0.2, 0) is 14.4 Å². The minimum Gasteiger partial charge on any atom is -0.484 e. The summed E-state index contributed by atoms with van der Waals surface area (Å²) in [6.45, 7) is -0.573. The van der Waals surface area contributed by atoms with Gasteiger partial charge in [0.05, 0.1) is 13.1 Å². The molecule has 2 aromatic carbocycles. The van der Waals surface area contributed by atoms with E-state index in [9.17, 15) is 14.4 Å². The molecular weight excluding hydrogens is 370 g/mol. The van der Waals surface area contributed by atoms with Crippen molar-refractivity contribution in [2.45, 2.75) is 0 Å². The van der Waals surface area contributed by atoms with Gasteiger partial charge in [-0.25, -0.2) is 0 Å². The van der Waals surface area contributed by atoms with E-state index in [1.54, 1.807) is 48.5 Å². The highest BCUT2D eigenvalue weighted by molar-refractivity contribution is 6.30. The topological polar surface area (TPSA) is 87.7 Å². The summed E-state index contributed by atoms with van der Waals surface area (Å²) < 4.78 is 5.29. The van der Waals surface area contributed by atoms with Crippen LogP contribution in [0.2, 0.25) is 5.02 Å². The number of amides is 3. The van der Waals surface area contributed by atoms with Crippen LogP contribution in [0.1, 0.15) is 0 Å². The van der Waals surface area contributed by atoms with Gasteiger partial charge in [0, 0.05) is 17.8 Å². The van der Waals surface area contributed by atoms with E-state index in [1.807, 2.05) is 6.07 Å². The zero-order valence-corrected chi connectivity index (χ0v) is 15.5. The molecule has 0 bridgehead atoms. The van der Waals surface area contributed by atoms with E-state index in [0.717, 1.165) is 0 Å². The summed E-state index contributed by atoms with van der Waals surface area (Å²) in [5, 5.41) is 5.60. The number of carbonyl (C=O) groups excluding carboxylic acids is 3. The van der Waals surface area contributed by atoms with Crippen LogP contribution in [0.25, 0.3) is 0 Å². The molecule has 2 aromatic rings. The molecule has 0 heterocycles. The van der Waals surface area contributed by atoms with E-state index >= 15 is 0 Å². The lowest BCUT2D eigenvalue weighted by molar-refractivity contribution is -0.134. The first kappa shape index (κ1) is 20.3. The Morgan fingerprint density at radius 3 is 2.48 bits per heavy atom. The monoisotopic (exact) mass is 389 g/mol. The molecule has 2 N–H and O–H groups in total. The number of ether oxygens (including phenoxy) is 1. The smallest absolute Gasteiger partial charge is 0.258 e. The molecule has 0 fully saturated rings. The largest absolute Gasteiger partial charge is 0.484 e. The van der Waals surface area contributed by atoms with Crippen molar-refractivity contribution < 1.29 is 19.1 Å². The van der Waals surface area contributed by atoms with Crippen LogP contribution in [0, 0.1) is 0 Å². The van der Waals surface area contributed by atoms with Gasteiger partial charge in [0.25, 0.3) is 5.91 Å². The third-order valence-electron chi connectivity index (χ3n) is 3.46. The van der Waals surface area contributed by atoms with Crippen LogP contribution in [0.5, 0.6) is 5.75 Å². The van der Waals surface area contributed by atoms with Crippen LogP contribution in [0.3, 0.4) is 0 Å². The number of nitrogens with zero attached hydrogens (tertiary/aromatic N) is 1. The number of halogens is 1. The van der Waals surface area contributed by atoms with E-state index in [4.69, 9.17) is 16.3 Å². The second-order valence-electron chi connectivity index (χ2n) is 5.69. The van der Waals surface area contributed by atoms with E-state index < -0.39 is 11.8 Å². The summed E-state index contributed by atoms with van der Waals surface area (Å²) in [5.41, 5.74) is 0.541. The molecule has 0 radical (unpaired) electrons. The number of para-hydroxylation sites is 1. The Morgan fingerprint density at radius 1 is 1.04 bits per heavy atom. The van der Waals surface area contributed by atoms with Crippen LogP contribution in [0.4, 0.5) is 5.69 Å². The highest BCUT2D eigenvalue weighted by Crippen LogP contribution is 2.14. The molecule has 27 heavy (non-hydrogen) atoms. The van der Waals surface area contributed by atoms with Gasteiger partial charge in [0.15, 0.2) is 6.61 Å². The molecule has 0 spiro atoms. The van der Waals surface area contributed by atoms with E-state index in [-0.39, 0.29) is 25.6 Å². The van der Waals surface area contributed by atoms with Crippen molar-refractivity contribution in [3.8, 4) is 5.75 Å². The van der Waals surface area contributed by atoms with Gasteiger partial charge in [-0.15, -0.1) is 0 Å². The Labute approximate surface area is 162 Å². The fourth-order valence-corrected chi connectivity index (χ4v) is 2.29. The van der Waals surface area contributed by atoms with Gasteiger partial charge in [-0.1, -0.05) is 35.9 Å². The minimum atomic E-state index is -0.427. The van der Waals surface area contributed by atoms with Gasteiger partial charge in [0.1, 0.15) is 5.75 Å². The molecule has 7 nitrogen and oxygen atoms in total. The van der Waals surface area contributed by atoms with Gasteiger partial charge >= 0.3 is 0 Å². The Balaban J connectivity index is 1.69. The SMILES string of the molecule is CN(CC(=O)Nc1cccc(Cl)c1)C(=O)CNC(=O)COc1ccccc1. The summed E-state index contributed by atoms with van der Waals surface area (Å²) in [6, 6.07) is 15.6. The zero-order chi connectivity index (χ0) is 19.6. The Bertz CT molecular complexity index is 799. The maximum atomic E-state index is 12.0. The maximum absolute atomic E-state index is 12.0. The summed E-state index contributed by atoms with van der Waals surface area (Å²) in [7, 11) is 1.48. The Morgan fingerprint density at radius 2 is 1.78 bits per heavy atom. The van der Waals surface area contributed by atoms with E-state index in [1.165, 1.54) is 11.9 Å². The Hall–Kier alpha value is -3.06. The van der Waals surface area contributed by atoms with E-state index in [2.05, 4.69) is 10.6 Å². The zero-order valence-electron chi connectivity index (χ0n) is 14.8. The summed E-state index contributed by atoms with van der Waals surface area (Å²) >= 11 is 5.85. The van der Waals surface area contributed by atoms with E-state index in [0.29, 0.717) is 16.5 Å². The van der Waals surface area contributed by atoms with Crippen molar-refractivity contribution in [1.29, 1.82) is 0 Å². The van der Waals surface area contributed by atoms with Gasteiger partial charge < -0.3 is 20.3 Å². The standard InChI is InChI=1S/C19H20ClN3O4/c1-23(12-17(24)22-15-7-5-6-14(20)10-15)19(26)11-21-18(25)13-27-16-8-3-2-4-9-16/h2-10H,11-13H2,1H3,(H,21,25)(H,22,24). The average molecular weight is 390 g/mol. The summed E-state index contributed by atoms with van der Waals surface area (Å²) in [6.07, 6.45) is 0. The molecule has 0 aliphatic rings. The third kappa shape index (κ3) is 7.37. The number of hydrogen-bond acceptors (Lipinski definition) is 4. The normalized spacial score (nSPS) is 10.0. The number of carbonyl (C=O) groups is 3. The second-order valence-corrected chi connectivity index (χ2v) is 6.12. The average Bonchev–Trinajstić information content (AvgIpc) is 2.65. The fourth-order valence-electron chi connectivity index (χ4n) is 2.10. The minimum absolute atomic E-state index is 0.151. The molecule has 0 aromatic heterocycles. The molecule has 3 amide bonds. The van der Waals surface area contributed by atoms with Gasteiger partial charge in [-0.2, -0.15) is 0 Å². The third-order valence-corrected chi connectivity index (χ3v) is 3.70. The molecule has 0 unspecified atom stereocenters. The molecular formula is C19H20ClN3O4. The molecule has 2 rings (SSSR count). The van der Waals surface area contributed by atoms with Gasteiger partial charge in [-0.3, -0.25) is 14.4 Å². The molecule has 142 valence electrons. The van der Waals surface area contributed by atoms with Crippen molar-refractivity contribution >= 4 is 35.0 Å². The fraction of sp³-hybridized carbons (Fsp3) is 0.211. The van der Waals surface area contributed by atoms with Crippen molar-refractivity contribution in [3.63, 3.8) is 0 Å². The van der Waals surface area contributed by atoms with Crippen LogP contribution in [-0.4, -0.2) is 49.4 Å². The number of nitrogens with one attached hydrogen (secondary N) is 2. The number of likely N-dealkylation sites (N-methyl/N-ethyl adjacent to an activating group) is 1. The molecule has 0 aliphatic heterocycles. The highest BCUT2D eigenvalue weighted by Gasteiger charge is 2.14. The number of rotatable bonds is 8. The molecule has 8 heteroatoms. The van der Waals surface area contributed by atoms with Crippen LogP contribution in [0.15, 0.2) is 54.6 Å². The lowest BCUT2D eigenvalue weighted by atomic mass is 10.3. The highest BCUT2D eigenvalue weighted by atomic mass is 35.5. The maximum Gasteiger partial charge on any atom is 0.258 e. The second kappa shape index (κ2) is 10.2. The number of hydrogen-bond donors (Lipinski definition) is 2. The predicted octanol–water partition coefficient (Wildman–Crippen LogP) is 1.93. The van der Waals surface area contributed by atoms with Gasteiger partial charge in [-0.05, 0) is 30.3 Å². The first-order valence-corrected chi connectivity index (χ1v) is 8.56. The van der Waals surface area contributed by atoms with Crippen molar-refractivity contribution in [2.75, 3.05) is 32.1 Å². The molecule has 0 saturated carbocycles. The van der Waals surface area contributed by atoms with Crippen LogP contribution < -0.4 is 15.4 Å². The first-order valence-electron chi connectivity index (χ1n) is 8.18. The van der Waals surface area contributed by atoms with Crippen LogP contribution >= 0.6 is 11.6 Å². The quantitative estimate of drug-likeness (QED) is 0.722. The molecule has 0 aliphatic carbocycles. The summed E-state index contributed by atoms with van der Waals surface area (Å²) in [5.74, 6) is -0.631. The van der Waals surface area contributed by atoms with Gasteiger partial charge in [0.2, 0.25) is 11.8 Å². The Kier molecular flexibility index (Phi) is 7.63.